The normalized spacial score (nSPS) is 15.0. The maximum atomic E-state index is 12.0. The fourth-order valence-electron chi connectivity index (χ4n) is 2.56. The summed E-state index contributed by atoms with van der Waals surface area (Å²) >= 11 is 1.63. The summed E-state index contributed by atoms with van der Waals surface area (Å²) in [6.07, 6.45) is 5.94. The summed E-state index contributed by atoms with van der Waals surface area (Å²) in [5, 5.41) is 4.74. The summed E-state index contributed by atoms with van der Waals surface area (Å²) in [5.74, 6) is 0.0898. The molecule has 2 amide bonds. The number of likely N-dealkylation sites (tertiary alicyclic amines) is 1. The minimum atomic E-state index is -0.0694. The topological polar surface area (TPSA) is 49.4 Å². The molecule has 21 heavy (non-hydrogen) atoms. The highest BCUT2D eigenvalue weighted by atomic mass is 32.1. The van der Waals surface area contributed by atoms with Gasteiger partial charge in [-0.15, -0.1) is 11.3 Å². The molecule has 0 atom stereocenters. The first kappa shape index (κ1) is 16.0. The molecule has 5 heteroatoms. The van der Waals surface area contributed by atoms with E-state index >= 15 is 0 Å². The van der Waals surface area contributed by atoms with Gasteiger partial charge in [0.25, 0.3) is 5.91 Å². The zero-order chi connectivity index (χ0) is 15.1. The van der Waals surface area contributed by atoms with Gasteiger partial charge in [-0.1, -0.05) is 13.3 Å². The van der Waals surface area contributed by atoms with Gasteiger partial charge in [0.1, 0.15) is 0 Å². The van der Waals surface area contributed by atoms with Gasteiger partial charge in [0.05, 0.1) is 5.56 Å². The third-order valence-corrected chi connectivity index (χ3v) is 4.74. The monoisotopic (exact) mass is 308 g/mol. The van der Waals surface area contributed by atoms with Gasteiger partial charge in [-0.05, 0) is 31.7 Å². The maximum absolute atomic E-state index is 12.0. The quantitative estimate of drug-likeness (QED) is 0.878. The van der Waals surface area contributed by atoms with Crippen molar-refractivity contribution in [2.45, 2.75) is 45.4 Å². The lowest BCUT2D eigenvalue weighted by atomic mass is 10.1. The van der Waals surface area contributed by atoms with Crippen LogP contribution in [-0.2, 0) is 11.2 Å². The number of nitrogens with one attached hydrogen (secondary N) is 1. The van der Waals surface area contributed by atoms with Crippen LogP contribution in [0.5, 0.6) is 0 Å². The van der Waals surface area contributed by atoms with E-state index in [-0.39, 0.29) is 11.8 Å². The summed E-state index contributed by atoms with van der Waals surface area (Å²) in [6, 6.07) is 1.95. The first-order valence-corrected chi connectivity index (χ1v) is 8.72. The summed E-state index contributed by atoms with van der Waals surface area (Å²) in [5.41, 5.74) is 0.717. The van der Waals surface area contributed by atoms with E-state index in [0.717, 1.165) is 38.8 Å². The molecular formula is C16H24N2O2S. The van der Waals surface area contributed by atoms with Crippen LogP contribution in [0.3, 0.4) is 0 Å². The van der Waals surface area contributed by atoms with E-state index in [4.69, 9.17) is 0 Å². The van der Waals surface area contributed by atoms with Gasteiger partial charge in [0.15, 0.2) is 0 Å². The van der Waals surface area contributed by atoms with Gasteiger partial charge >= 0.3 is 0 Å². The number of rotatable bonds is 6. The minimum Gasteiger partial charge on any atom is -0.351 e. The molecule has 0 saturated carbocycles. The Morgan fingerprint density at radius 1 is 1.29 bits per heavy atom. The van der Waals surface area contributed by atoms with Gasteiger partial charge < -0.3 is 10.2 Å². The second-order valence-corrected chi connectivity index (χ2v) is 6.49. The third kappa shape index (κ3) is 4.84. The standard InChI is InChI=1S/C16H24N2O2S/c1-2-6-14-11-13(12-21-14)16(20)17-8-7-15(19)18-9-4-3-5-10-18/h11-12H,2-10H2,1H3,(H,17,20). The first-order valence-electron chi connectivity index (χ1n) is 7.84. The number of carbonyl (C=O) groups excluding carboxylic acids is 2. The van der Waals surface area contributed by atoms with Crippen molar-refractivity contribution in [3.8, 4) is 0 Å². The summed E-state index contributed by atoms with van der Waals surface area (Å²) in [4.78, 5) is 27.1. The molecule has 0 spiro atoms. The largest absolute Gasteiger partial charge is 0.351 e. The van der Waals surface area contributed by atoms with E-state index in [1.807, 2.05) is 16.3 Å². The molecule has 2 rings (SSSR count). The predicted molar refractivity (Wildman–Crippen MR) is 85.7 cm³/mol. The molecule has 0 unspecified atom stereocenters. The van der Waals surface area contributed by atoms with Crippen LogP contribution in [0.25, 0.3) is 0 Å². The lowest BCUT2D eigenvalue weighted by Crippen LogP contribution is -2.37. The highest BCUT2D eigenvalue weighted by Gasteiger charge is 2.16. The number of thiophene rings is 1. The number of carbonyl (C=O) groups is 2. The Balaban J connectivity index is 1.71. The van der Waals surface area contributed by atoms with Crippen molar-refractivity contribution in [3.05, 3.63) is 21.9 Å². The van der Waals surface area contributed by atoms with Crippen molar-refractivity contribution < 1.29 is 9.59 Å². The van der Waals surface area contributed by atoms with Gasteiger partial charge in [0.2, 0.25) is 5.91 Å². The van der Waals surface area contributed by atoms with Gasteiger partial charge in [-0.3, -0.25) is 9.59 Å². The Morgan fingerprint density at radius 2 is 2.05 bits per heavy atom. The van der Waals surface area contributed by atoms with Crippen LogP contribution >= 0.6 is 11.3 Å². The average Bonchev–Trinajstić information content (AvgIpc) is 2.97. The Hall–Kier alpha value is -1.36. The number of hydrogen-bond acceptors (Lipinski definition) is 3. The lowest BCUT2D eigenvalue weighted by molar-refractivity contribution is -0.131. The molecule has 1 aromatic rings. The van der Waals surface area contributed by atoms with Gasteiger partial charge in [-0.2, -0.15) is 0 Å². The maximum Gasteiger partial charge on any atom is 0.252 e. The second-order valence-electron chi connectivity index (χ2n) is 5.50. The number of hydrogen-bond donors (Lipinski definition) is 1. The highest BCUT2D eigenvalue weighted by Crippen LogP contribution is 2.16. The molecule has 1 N–H and O–H groups in total. The Kier molecular flexibility index (Phi) is 6.23. The van der Waals surface area contributed by atoms with Crippen LogP contribution in [0.1, 0.15) is 54.3 Å². The molecule has 4 nitrogen and oxygen atoms in total. The van der Waals surface area contributed by atoms with Crippen LogP contribution in [-0.4, -0.2) is 36.3 Å². The van der Waals surface area contributed by atoms with Gasteiger partial charge in [0, 0.05) is 36.3 Å². The molecule has 1 aliphatic heterocycles. The molecule has 1 fully saturated rings. The molecule has 0 aromatic carbocycles. The summed E-state index contributed by atoms with van der Waals surface area (Å²) < 4.78 is 0. The van der Waals surface area contributed by atoms with Crippen LogP contribution < -0.4 is 5.32 Å². The van der Waals surface area contributed by atoms with E-state index in [1.165, 1.54) is 11.3 Å². The lowest BCUT2D eigenvalue weighted by Gasteiger charge is -2.26. The van der Waals surface area contributed by atoms with Crippen molar-refractivity contribution in [2.75, 3.05) is 19.6 Å². The zero-order valence-corrected chi connectivity index (χ0v) is 13.5. The van der Waals surface area contributed by atoms with Crippen molar-refractivity contribution in [1.82, 2.24) is 10.2 Å². The Labute approximate surface area is 130 Å². The van der Waals surface area contributed by atoms with Crippen molar-refractivity contribution in [1.29, 1.82) is 0 Å². The number of nitrogens with zero attached hydrogens (tertiary/aromatic N) is 1. The Bertz CT molecular complexity index is 478. The van der Waals surface area contributed by atoms with Crippen LogP contribution in [0.15, 0.2) is 11.4 Å². The number of piperidine rings is 1. The SMILES string of the molecule is CCCc1cc(C(=O)NCCC(=O)N2CCCCC2)cs1. The van der Waals surface area contributed by atoms with E-state index in [1.54, 1.807) is 11.3 Å². The van der Waals surface area contributed by atoms with Crippen LogP contribution in [0.4, 0.5) is 0 Å². The van der Waals surface area contributed by atoms with E-state index < -0.39 is 0 Å². The first-order chi connectivity index (χ1) is 10.2. The molecular weight excluding hydrogens is 284 g/mol. The van der Waals surface area contributed by atoms with Gasteiger partial charge in [-0.25, -0.2) is 0 Å². The fraction of sp³-hybridized carbons (Fsp3) is 0.625. The van der Waals surface area contributed by atoms with Crippen LogP contribution in [0, 0.1) is 0 Å². The van der Waals surface area contributed by atoms with E-state index in [0.29, 0.717) is 18.5 Å². The van der Waals surface area contributed by atoms with E-state index in [9.17, 15) is 9.59 Å². The molecule has 1 aromatic heterocycles. The number of amides is 2. The summed E-state index contributed by atoms with van der Waals surface area (Å²) in [7, 11) is 0. The number of aryl methyl sites for hydroxylation is 1. The van der Waals surface area contributed by atoms with Crippen molar-refractivity contribution >= 4 is 23.2 Å². The van der Waals surface area contributed by atoms with Crippen molar-refractivity contribution in [3.63, 3.8) is 0 Å². The molecule has 0 radical (unpaired) electrons. The molecule has 116 valence electrons. The van der Waals surface area contributed by atoms with Crippen LogP contribution in [0.2, 0.25) is 0 Å². The molecule has 2 heterocycles. The zero-order valence-electron chi connectivity index (χ0n) is 12.7. The Morgan fingerprint density at radius 3 is 2.76 bits per heavy atom. The van der Waals surface area contributed by atoms with E-state index in [2.05, 4.69) is 12.2 Å². The third-order valence-electron chi connectivity index (χ3n) is 3.75. The fourth-order valence-corrected chi connectivity index (χ4v) is 3.53. The highest BCUT2D eigenvalue weighted by molar-refractivity contribution is 7.10. The molecule has 0 bridgehead atoms. The minimum absolute atomic E-state index is 0.0694. The second kappa shape index (κ2) is 8.17. The van der Waals surface area contributed by atoms with Crippen molar-refractivity contribution in [2.24, 2.45) is 0 Å². The molecule has 0 aliphatic carbocycles. The molecule has 1 aliphatic rings. The smallest absolute Gasteiger partial charge is 0.252 e. The molecule has 1 saturated heterocycles. The predicted octanol–water partition coefficient (Wildman–Crippen LogP) is 2.83. The summed E-state index contributed by atoms with van der Waals surface area (Å²) in [6.45, 7) is 4.30. The average molecular weight is 308 g/mol.